The predicted octanol–water partition coefficient (Wildman–Crippen LogP) is 4.71. The highest BCUT2D eigenvalue weighted by Gasteiger charge is 2.14. The molecule has 5 nitrogen and oxygen atoms in total. The standard InChI is InChI=1S/C19H19ClN2O3/c1-12-7-8-16(24-12)13(2)22-18(23)9-10-19-21-11-17(25-19)14-5-3-4-6-15(14)20/h3-8,11,13H,9-10H2,1-2H3,(H,22,23). The third-order valence-corrected chi connectivity index (χ3v) is 4.15. The molecule has 0 aliphatic heterocycles. The van der Waals surface area contributed by atoms with Gasteiger partial charge < -0.3 is 14.2 Å². The molecule has 1 unspecified atom stereocenters. The zero-order valence-corrected chi connectivity index (χ0v) is 14.8. The summed E-state index contributed by atoms with van der Waals surface area (Å²) in [6.45, 7) is 3.76. The van der Waals surface area contributed by atoms with Crippen molar-refractivity contribution in [3.05, 3.63) is 65.0 Å². The molecule has 0 bridgehead atoms. The third-order valence-electron chi connectivity index (χ3n) is 3.82. The van der Waals surface area contributed by atoms with Gasteiger partial charge in [-0.1, -0.05) is 23.7 Å². The Morgan fingerprint density at radius 2 is 2.04 bits per heavy atom. The summed E-state index contributed by atoms with van der Waals surface area (Å²) in [7, 11) is 0. The van der Waals surface area contributed by atoms with Gasteiger partial charge in [0.25, 0.3) is 0 Å². The van der Waals surface area contributed by atoms with Crippen LogP contribution in [0.25, 0.3) is 11.3 Å². The average molecular weight is 359 g/mol. The molecule has 1 atom stereocenters. The Hall–Kier alpha value is -2.53. The molecule has 1 amide bonds. The number of hydrogen-bond donors (Lipinski definition) is 1. The summed E-state index contributed by atoms with van der Waals surface area (Å²) in [5.41, 5.74) is 0.786. The molecule has 0 aliphatic rings. The van der Waals surface area contributed by atoms with E-state index >= 15 is 0 Å². The van der Waals surface area contributed by atoms with Crippen LogP contribution in [-0.4, -0.2) is 10.9 Å². The van der Waals surface area contributed by atoms with Gasteiger partial charge in [-0.05, 0) is 38.1 Å². The van der Waals surface area contributed by atoms with Crippen LogP contribution in [-0.2, 0) is 11.2 Å². The highest BCUT2D eigenvalue weighted by atomic mass is 35.5. The lowest BCUT2D eigenvalue weighted by Gasteiger charge is -2.10. The van der Waals surface area contributed by atoms with Crippen LogP contribution in [0.2, 0.25) is 5.02 Å². The number of benzene rings is 1. The second-order valence-electron chi connectivity index (χ2n) is 5.84. The Morgan fingerprint density at radius 3 is 2.76 bits per heavy atom. The number of aryl methyl sites for hydroxylation is 2. The predicted molar refractivity (Wildman–Crippen MR) is 95.3 cm³/mol. The van der Waals surface area contributed by atoms with Crippen LogP contribution in [0.1, 0.15) is 36.8 Å². The van der Waals surface area contributed by atoms with Gasteiger partial charge in [-0.2, -0.15) is 0 Å². The Bertz CT molecular complexity index is 869. The van der Waals surface area contributed by atoms with Gasteiger partial charge in [0.2, 0.25) is 5.91 Å². The van der Waals surface area contributed by atoms with Gasteiger partial charge in [0.1, 0.15) is 11.5 Å². The minimum absolute atomic E-state index is 0.0842. The molecule has 2 aromatic heterocycles. The second kappa shape index (κ2) is 7.57. The highest BCUT2D eigenvalue weighted by molar-refractivity contribution is 6.33. The van der Waals surface area contributed by atoms with Gasteiger partial charge >= 0.3 is 0 Å². The summed E-state index contributed by atoms with van der Waals surface area (Å²) in [5, 5.41) is 3.51. The number of halogens is 1. The Labute approximate surface area is 151 Å². The van der Waals surface area contributed by atoms with Gasteiger partial charge in [-0.25, -0.2) is 4.98 Å². The quantitative estimate of drug-likeness (QED) is 0.693. The number of furan rings is 1. The Kier molecular flexibility index (Phi) is 5.24. The Balaban J connectivity index is 1.55. The molecule has 0 aliphatic carbocycles. The third kappa shape index (κ3) is 4.31. The SMILES string of the molecule is Cc1ccc(C(C)NC(=O)CCc2ncc(-c3ccccc3Cl)o2)o1. The normalized spacial score (nSPS) is 12.1. The molecule has 6 heteroatoms. The molecule has 0 spiro atoms. The number of nitrogens with one attached hydrogen (secondary N) is 1. The van der Waals surface area contributed by atoms with Crippen molar-refractivity contribution >= 4 is 17.5 Å². The molecular formula is C19H19ClN2O3. The lowest BCUT2D eigenvalue weighted by molar-refractivity contribution is -0.121. The van der Waals surface area contributed by atoms with Crippen LogP contribution in [0.5, 0.6) is 0 Å². The molecule has 25 heavy (non-hydrogen) atoms. The van der Waals surface area contributed by atoms with Gasteiger partial charge in [0.15, 0.2) is 11.7 Å². The van der Waals surface area contributed by atoms with Crippen LogP contribution in [0.15, 0.2) is 51.4 Å². The van der Waals surface area contributed by atoms with Crippen molar-refractivity contribution in [2.75, 3.05) is 0 Å². The van der Waals surface area contributed by atoms with E-state index in [4.69, 9.17) is 20.4 Å². The molecule has 3 aromatic rings. The number of carbonyl (C=O) groups excluding carboxylic acids is 1. The first kappa shape index (κ1) is 17.3. The van der Waals surface area contributed by atoms with Crippen molar-refractivity contribution in [1.82, 2.24) is 10.3 Å². The van der Waals surface area contributed by atoms with Gasteiger partial charge in [0, 0.05) is 18.4 Å². The number of oxazole rings is 1. The van der Waals surface area contributed by atoms with E-state index in [9.17, 15) is 4.79 Å². The number of carbonyl (C=O) groups is 1. The molecule has 2 heterocycles. The van der Waals surface area contributed by atoms with Crippen molar-refractivity contribution in [3.63, 3.8) is 0 Å². The first-order valence-electron chi connectivity index (χ1n) is 8.08. The fourth-order valence-electron chi connectivity index (χ4n) is 2.50. The van der Waals surface area contributed by atoms with Crippen molar-refractivity contribution in [1.29, 1.82) is 0 Å². The van der Waals surface area contributed by atoms with Crippen molar-refractivity contribution in [2.45, 2.75) is 32.7 Å². The minimum atomic E-state index is -0.176. The summed E-state index contributed by atoms with van der Waals surface area (Å²) in [4.78, 5) is 16.3. The van der Waals surface area contributed by atoms with E-state index in [0.29, 0.717) is 23.1 Å². The molecule has 1 aromatic carbocycles. The fourth-order valence-corrected chi connectivity index (χ4v) is 2.73. The molecular weight excluding hydrogens is 340 g/mol. The van der Waals surface area contributed by atoms with Crippen molar-refractivity contribution in [2.24, 2.45) is 0 Å². The molecule has 3 rings (SSSR count). The Morgan fingerprint density at radius 1 is 1.24 bits per heavy atom. The topological polar surface area (TPSA) is 68.3 Å². The summed E-state index contributed by atoms with van der Waals surface area (Å²) >= 11 is 6.15. The smallest absolute Gasteiger partial charge is 0.221 e. The van der Waals surface area contributed by atoms with E-state index in [1.54, 1.807) is 12.3 Å². The van der Waals surface area contributed by atoms with Gasteiger partial charge in [-0.15, -0.1) is 0 Å². The highest BCUT2D eigenvalue weighted by Crippen LogP contribution is 2.28. The number of amides is 1. The van der Waals surface area contributed by atoms with Crippen LogP contribution < -0.4 is 5.32 Å². The van der Waals surface area contributed by atoms with E-state index in [1.807, 2.05) is 44.2 Å². The first-order valence-corrected chi connectivity index (χ1v) is 8.46. The zero-order chi connectivity index (χ0) is 17.8. The zero-order valence-electron chi connectivity index (χ0n) is 14.1. The van der Waals surface area contributed by atoms with E-state index < -0.39 is 0 Å². The van der Waals surface area contributed by atoms with E-state index in [0.717, 1.165) is 17.1 Å². The maximum atomic E-state index is 12.1. The molecule has 130 valence electrons. The number of hydrogen-bond acceptors (Lipinski definition) is 4. The fraction of sp³-hybridized carbons (Fsp3) is 0.263. The van der Waals surface area contributed by atoms with Crippen LogP contribution in [0, 0.1) is 6.92 Å². The van der Waals surface area contributed by atoms with Crippen LogP contribution >= 0.6 is 11.6 Å². The number of rotatable bonds is 6. The molecule has 0 saturated heterocycles. The largest absolute Gasteiger partial charge is 0.464 e. The summed E-state index contributed by atoms with van der Waals surface area (Å²) in [6, 6.07) is 11.0. The maximum Gasteiger partial charge on any atom is 0.221 e. The average Bonchev–Trinajstić information content (AvgIpc) is 3.22. The molecule has 0 saturated carbocycles. The van der Waals surface area contributed by atoms with E-state index in [1.165, 1.54) is 0 Å². The lowest BCUT2D eigenvalue weighted by Crippen LogP contribution is -2.26. The van der Waals surface area contributed by atoms with Crippen molar-refractivity contribution in [3.8, 4) is 11.3 Å². The van der Waals surface area contributed by atoms with E-state index in [2.05, 4.69) is 10.3 Å². The van der Waals surface area contributed by atoms with Crippen LogP contribution in [0.4, 0.5) is 0 Å². The maximum absolute atomic E-state index is 12.1. The molecule has 0 fully saturated rings. The minimum Gasteiger partial charge on any atom is -0.464 e. The molecule has 0 radical (unpaired) electrons. The van der Waals surface area contributed by atoms with Gasteiger partial charge in [0.05, 0.1) is 17.3 Å². The van der Waals surface area contributed by atoms with Crippen molar-refractivity contribution < 1.29 is 13.6 Å². The number of nitrogens with zero attached hydrogens (tertiary/aromatic N) is 1. The number of aromatic nitrogens is 1. The first-order chi connectivity index (χ1) is 12.0. The monoisotopic (exact) mass is 358 g/mol. The molecule has 1 N–H and O–H groups in total. The lowest BCUT2D eigenvalue weighted by atomic mass is 10.2. The second-order valence-corrected chi connectivity index (χ2v) is 6.24. The van der Waals surface area contributed by atoms with Gasteiger partial charge in [-0.3, -0.25) is 4.79 Å². The van der Waals surface area contributed by atoms with Crippen LogP contribution in [0.3, 0.4) is 0 Å². The summed E-state index contributed by atoms with van der Waals surface area (Å²) in [5.74, 6) is 2.58. The summed E-state index contributed by atoms with van der Waals surface area (Å²) < 4.78 is 11.2. The summed E-state index contributed by atoms with van der Waals surface area (Å²) in [6.07, 6.45) is 2.33. The van der Waals surface area contributed by atoms with E-state index in [-0.39, 0.29) is 18.4 Å².